The van der Waals surface area contributed by atoms with Crippen LogP contribution in [-0.2, 0) is 6.42 Å². The van der Waals surface area contributed by atoms with Crippen LogP contribution in [0.1, 0.15) is 41.8 Å². The van der Waals surface area contributed by atoms with Crippen molar-refractivity contribution in [2.45, 2.75) is 31.6 Å². The Labute approximate surface area is 138 Å². The molecule has 0 N–H and O–H groups in total. The summed E-state index contributed by atoms with van der Waals surface area (Å²) in [7, 11) is 0. The predicted octanol–water partition coefficient (Wildman–Crippen LogP) is 6.10. The largest absolute Gasteiger partial charge is 0.207 e. The second-order valence-corrected chi connectivity index (χ2v) is 6.47. The van der Waals surface area contributed by atoms with Crippen LogP contribution in [0, 0.1) is 9.39 Å². The molecule has 0 nitrogen and oxygen atoms in total. The molecule has 3 heteroatoms. The maximum Gasteiger partial charge on any atom is 0.124 e. The van der Waals surface area contributed by atoms with Gasteiger partial charge in [0.2, 0.25) is 0 Å². The average Bonchev–Trinajstić information content (AvgIpc) is 2.45. The first-order valence-electron chi connectivity index (χ1n) is 6.79. The van der Waals surface area contributed by atoms with Crippen molar-refractivity contribution >= 4 is 34.2 Å². The molecule has 0 radical (unpaired) electrons. The normalized spacial score (nSPS) is 12.4. The molecule has 106 valence electrons. The first kappa shape index (κ1) is 15.8. The average molecular weight is 403 g/mol. The van der Waals surface area contributed by atoms with Crippen molar-refractivity contribution in [2.24, 2.45) is 0 Å². The molecular formula is C17H17ClFI. The molecule has 0 fully saturated rings. The number of aryl methyl sites for hydroxylation is 1. The zero-order valence-electron chi connectivity index (χ0n) is 11.4. The Kier molecular flexibility index (Phi) is 5.85. The van der Waals surface area contributed by atoms with Crippen LogP contribution in [-0.4, -0.2) is 0 Å². The first-order chi connectivity index (χ1) is 9.61. The number of halogens is 3. The molecule has 0 heterocycles. The smallest absolute Gasteiger partial charge is 0.124 e. The van der Waals surface area contributed by atoms with E-state index in [1.807, 2.05) is 0 Å². The fourth-order valence-corrected chi connectivity index (χ4v) is 3.43. The van der Waals surface area contributed by atoms with Crippen molar-refractivity contribution in [1.82, 2.24) is 0 Å². The summed E-state index contributed by atoms with van der Waals surface area (Å²) in [4.78, 5) is 0. The maximum absolute atomic E-state index is 13.1. The highest BCUT2D eigenvalue weighted by molar-refractivity contribution is 14.1. The zero-order chi connectivity index (χ0) is 14.5. The second-order valence-electron chi connectivity index (χ2n) is 4.87. The monoisotopic (exact) mass is 402 g/mol. The van der Waals surface area contributed by atoms with Gasteiger partial charge in [-0.1, -0.05) is 43.7 Å². The van der Waals surface area contributed by atoms with Gasteiger partial charge >= 0.3 is 0 Å². The van der Waals surface area contributed by atoms with Crippen molar-refractivity contribution in [1.29, 1.82) is 0 Å². The predicted molar refractivity (Wildman–Crippen MR) is 91.9 cm³/mol. The molecule has 0 aliphatic carbocycles. The Bertz CT molecular complexity index is 566. The highest BCUT2D eigenvalue weighted by atomic mass is 127. The lowest BCUT2D eigenvalue weighted by atomic mass is 10.0. The molecule has 0 spiro atoms. The summed E-state index contributed by atoms with van der Waals surface area (Å²) < 4.78 is 14.0. The molecule has 2 aromatic rings. The first-order valence-corrected chi connectivity index (χ1v) is 8.31. The van der Waals surface area contributed by atoms with E-state index in [1.54, 1.807) is 6.07 Å². The number of hydrogen-bond donors (Lipinski definition) is 0. The molecule has 2 rings (SSSR count). The molecule has 1 unspecified atom stereocenters. The lowest BCUT2D eigenvalue weighted by Gasteiger charge is -2.13. The van der Waals surface area contributed by atoms with E-state index in [9.17, 15) is 4.39 Å². The molecule has 0 aliphatic rings. The van der Waals surface area contributed by atoms with E-state index in [4.69, 9.17) is 11.6 Å². The topological polar surface area (TPSA) is 0 Å². The third kappa shape index (κ3) is 3.95. The third-order valence-corrected chi connectivity index (χ3v) is 4.75. The van der Waals surface area contributed by atoms with Gasteiger partial charge in [-0.2, -0.15) is 0 Å². The van der Waals surface area contributed by atoms with Crippen LogP contribution in [0.4, 0.5) is 4.39 Å². The number of alkyl halides is 1. The molecule has 0 bridgehead atoms. The van der Waals surface area contributed by atoms with Gasteiger partial charge < -0.3 is 0 Å². The van der Waals surface area contributed by atoms with Crippen LogP contribution < -0.4 is 0 Å². The highest BCUT2D eigenvalue weighted by Gasteiger charge is 2.14. The van der Waals surface area contributed by atoms with Gasteiger partial charge in [0, 0.05) is 3.57 Å². The molecule has 0 amide bonds. The number of rotatable bonds is 5. The van der Waals surface area contributed by atoms with E-state index in [0.717, 1.165) is 21.1 Å². The Morgan fingerprint density at radius 1 is 1.15 bits per heavy atom. The number of hydrogen-bond acceptors (Lipinski definition) is 0. The van der Waals surface area contributed by atoms with Crippen LogP contribution in [0.5, 0.6) is 0 Å². The van der Waals surface area contributed by atoms with E-state index in [-0.39, 0.29) is 11.2 Å². The van der Waals surface area contributed by atoms with Gasteiger partial charge in [0.05, 0.1) is 5.38 Å². The Morgan fingerprint density at radius 2 is 1.85 bits per heavy atom. The fraction of sp³-hybridized carbons (Fsp3) is 0.294. The van der Waals surface area contributed by atoms with Crippen molar-refractivity contribution in [2.75, 3.05) is 0 Å². The highest BCUT2D eigenvalue weighted by Crippen LogP contribution is 2.32. The van der Waals surface area contributed by atoms with Gasteiger partial charge in [0.15, 0.2) is 0 Å². The molecular weight excluding hydrogens is 386 g/mol. The van der Waals surface area contributed by atoms with Crippen LogP contribution in [0.2, 0.25) is 0 Å². The van der Waals surface area contributed by atoms with E-state index in [2.05, 4.69) is 53.8 Å². The fourth-order valence-electron chi connectivity index (χ4n) is 2.12. The van der Waals surface area contributed by atoms with Crippen LogP contribution in [0.3, 0.4) is 0 Å². The molecule has 0 saturated carbocycles. The Balaban J connectivity index is 2.18. The van der Waals surface area contributed by atoms with Crippen molar-refractivity contribution in [3.05, 3.63) is 68.5 Å². The van der Waals surface area contributed by atoms with Crippen LogP contribution in [0.15, 0.2) is 42.5 Å². The van der Waals surface area contributed by atoms with Crippen molar-refractivity contribution < 1.29 is 4.39 Å². The molecule has 0 aromatic heterocycles. The minimum atomic E-state index is -0.234. The van der Waals surface area contributed by atoms with Gasteiger partial charge in [0.25, 0.3) is 0 Å². The second kappa shape index (κ2) is 7.41. The summed E-state index contributed by atoms with van der Waals surface area (Å²) in [6.07, 6.45) is 3.52. The Morgan fingerprint density at radius 3 is 2.45 bits per heavy atom. The van der Waals surface area contributed by atoms with Crippen molar-refractivity contribution in [3.63, 3.8) is 0 Å². The number of benzene rings is 2. The van der Waals surface area contributed by atoms with E-state index < -0.39 is 0 Å². The molecule has 1 atom stereocenters. The maximum atomic E-state index is 13.1. The van der Waals surface area contributed by atoms with Gasteiger partial charge in [0.1, 0.15) is 5.82 Å². The summed E-state index contributed by atoms with van der Waals surface area (Å²) in [5, 5.41) is -0.234. The molecule has 0 saturated heterocycles. The molecule has 0 aliphatic heterocycles. The zero-order valence-corrected chi connectivity index (χ0v) is 14.3. The standard InChI is InChI=1S/C17H17ClFI/c1-2-3-4-12-5-7-13(8-6-12)17(18)15-10-9-14(19)11-16(15)20/h5-11,17H,2-4H2,1H3. The SMILES string of the molecule is CCCCc1ccc(C(Cl)c2ccc(F)cc2I)cc1. The van der Waals surface area contributed by atoms with Gasteiger partial charge in [-0.05, 0) is 64.3 Å². The van der Waals surface area contributed by atoms with Gasteiger partial charge in [-0.3, -0.25) is 0 Å². The lowest BCUT2D eigenvalue weighted by Crippen LogP contribution is -1.97. The van der Waals surface area contributed by atoms with E-state index in [1.165, 1.54) is 30.5 Å². The lowest BCUT2D eigenvalue weighted by molar-refractivity contribution is 0.626. The molecule has 20 heavy (non-hydrogen) atoms. The summed E-state index contributed by atoms with van der Waals surface area (Å²) in [6, 6.07) is 13.2. The minimum Gasteiger partial charge on any atom is -0.207 e. The summed E-state index contributed by atoms with van der Waals surface area (Å²) >= 11 is 8.65. The van der Waals surface area contributed by atoms with Crippen molar-refractivity contribution in [3.8, 4) is 0 Å². The van der Waals surface area contributed by atoms with Crippen LogP contribution in [0.25, 0.3) is 0 Å². The van der Waals surface area contributed by atoms with Gasteiger partial charge in [-0.25, -0.2) is 4.39 Å². The third-order valence-electron chi connectivity index (χ3n) is 3.33. The number of unbranched alkanes of at least 4 members (excludes halogenated alkanes) is 1. The quantitative estimate of drug-likeness (QED) is 0.419. The summed E-state index contributed by atoms with van der Waals surface area (Å²) in [6.45, 7) is 2.19. The van der Waals surface area contributed by atoms with Gasteiger partial charge in [-0.15, -0.1) is 11.6 Å². The van der Waals surface area contributed by atoms with E-state index in [0.29, 0.717) is 0 Å². The minimum absolute atomic E-state index is 0.225. The van der Waals surface area contributed by atoms with Crippen LogP contribution >= 0.6 is 34.2 Å². The van der Waals surface area contributed by atoms with E-state index >= 15 is 0 Å². The molecule has 2 aromatic carbocycles. The Hall–Kier alpha value is -0.610. The summed E-state index contributed by atoms with van der Waals surface area (Å²) in [5.41, 5.74) is 3.35. The summed E-state index contributed by atoms with van der Waals surface area (Å²) in [5.74, 6) is -0.225.